The summed E-state index contributed by atoms with van der Waals surface area (Å²) < 4.78 is 1.98. The smallest absolute Gasteiger partial charge is 0.0489 e. The van der Waals surface area contributed by atoms with Crippen molar-refractivity contribution < 1.29 is 0 Å². The third-order valence-electron chi connectivity index (χ3n) is 3.76. The summed E-state index contributed by atoms with van der Waals surface area (Å²) in [6.07, 6.45) is 7.25. The van der Waals surface area contributed by atoms with Gasteiger partial charge in [-0.15, -0.1) is 0 Å². The number of aromatic nitrogens is 2. The molecule has 4 nitrogen and oxygen atoms in total. The molecular weight excluding hydrogens is 236 g/mol. The van der Waals surface area contributed by atoms with E-state index in [2.05, 4.69) is 22.5 Å². The lowest BCUT2D eigenvalue weighted by Crippen LogP contribution is -2.21. The molecule has 3 N–H and O–H groups in total. The van der Waals surface area contributed by atoms with E-state index < -0.39 is 0 Å². The fraction of sp³-hybridized carbons (Fsp3) is 0.400. The molecule has 0 amide bonds. The number of rotatable bonds is 5. The molecule has 4 heteroatoms. The van der Waals surface area contributed by atoms with Crippen LogP contribution >= 0.6 is 0 Å². The fourth-order valence-corrected chi connectivity index (χ4v) is 2.80. The first kappa shape index (κ1) is 12.2. The Morgan fingerprint density at radius 2 is 2.37 bits per heavy atom. The minimum atomic E-state index is 0.494. The average Bonchev–Trinajstić information content (AvgIpc) is 3.03. The summed E-state index contributed by atoms with van der Waals surface area (Å²) in [5.74, 6) is 0. The molecule has 0 radical (unpaired) electrons. The van der Waals surface area contributed by atoms with E-state index in [1.807, 2.05) is 29.2 Å². The van der Waals surface area contributed by atoms with Crippen molar-refractivity contribution in [3.63, 3.8) is 0 Å². The number of anilines is 1. The molecule has 1 aliphatic carbocycles. The predicted molar refractivity (Wildman–Crippen MR) is 76.8 cm³/mol. The first-order chi connectivity index (χ1) is 9.33. The lowest BCUT2D eigenvalue weighted by molar-refractivity contribution is 0.486. The highest BCUT2D eigenvalue weighted by molar-refractivity contribution is 5.47. The number of benzene rings is 1. The Morgan fingerprint density at radius 3 is 3.21 bits per heavy atom. The van der Waals surface area contributed by atoms with Crippen LogP contribution in [-0.4, -0.2) is 16.3 Å². The molecule has 0 saturated carbocycles. The van der Waals surface area contributed by atoms with Crippen molar-refractivity contribution in [1.82, 2.24) is 15.1 Å². The normalized spacial score (nSPS) is 17.6. The molecular formula is C15H20N4. The molecule has 0 fully saturated rings. The van der Waals surface area contributed by atoms with Crippen molar-refractivity contribution >= 4 is 5.69 Å². The maximum Gasteiger partial charge on any atom is 0.0489 e. The zero-order valence-electron chi connectivity index (χ0n) is 11.0. The van der Waals surface area contributed by atoms with Crippen LogP contribution in [0, 0.1) is 0 Å². The maximum atomic E-state index is 5.82. The second kappa shape index (κ2) is 5.45. The van der Waals surface area contributed by atoms with Gasteiger partial charge in [0, 0.05) is 30.7 Å². The van der Waals surface area contributed by atoms with Crippen LogP contribution in [0.25, 0.3) is 0 Å². The van der Waals surface area contributed by atoms with Crippen LogP contribution in [0.15, 0.2) is 36.7 Å². The minimum absolute atomic E-state index is 0.494. The molecule has 0 bridgehead atoms. The van der Waals surface area contributed by atoms with E-state index in [1.165, 1.54) is 17.5 Å². The number of nitrogens with two attached hydrogens (primary N) is 1. The molecule has 100 valence electrons. The Kier molecular flexibility index (Phi) is 3.51. The van der Waals surface area contributed by atoms with Crippen LogP contribution in [0.2, 0.25) is 0 Å². The molecule has 1 aromatic carbocycles. The summed E-state index contributed by atoms with van der Waals surface area (Å²) in [4.78, 5) is 0. The van der Waals surface area contributed by atoms with Crippen molar-refractivity contribution in [3.8, 4) is 0 Å². The molecule has 1 aliphatic rings. The Labute approximate surface area is 113 Å². The molecule has 2 aromatic rings. The van der Waals surface area contributed by atoms with Crippen molar-refractivity contribution in [2.75, 3.05) is 12.3 Å². The van der Waals surface area contributed by atoms with Crippen molar-refractivity contribution in [1.29, 1.82) is 0 Å². The third kappa shape index (κ3) is 2.79. The van der Waals surface area contributed by atoms with Gasteiger partial charge in [-0.3, -0.25) is 4.68 Å². The highest BCUT2D eigenvalue weighted by Gasteiger charge is 2.21. The number of aryl methyl sites for hydroxylation is 2. The Hall–Kier alpha value is -1.81. The minimum Gasteiger partial charge on any atom is -0.399 e. The highest BCUT2D eigenvalue weighted by Crippen LogP contribution is 2.32. The monoisotopic (exact) mass is 256 g/mol. The second-order valence-corrected chi connectivity index (χ2v) is 5.13. The van der Waals surface area contributed by atoms with Gasteiger partial charge in [0.25, 0.3) is 0 Å². The van der Waals surface area contributed by atoms with E-state index in [0.717, 1.165) is 31.6 Å². The van der Waals surface area contributed by atoms with Gasteiger partial charge < -0.3 is 11.1 Å². The van der Waals surface area contributed by atoms with Gasteiger partial charge in [-0.25, -0.2) is 0 Å². The molecule has 0 aliphatic heterocycles. The summed E-state index contributed by atoms with van der Waals surface area (Å²) in [5, 5.41) is 7.84. The summed E-state index contributed by atoms with van der Waals surface area (Å²) in [6.45, 7) is 2.00. The number of nitrogens with zero attached hydrogens (tertiary/aromatic N) is 2. The van der Waals surface area contributed by atoms with E-state index in [0.29, 0.717) is 6.04 Å². The number of fused-ring (bicyclic) bond motifs is 1. The number of hydrogen-bond acceptors (Lipinski definition) is 3. The second-order valence-electron chi connectivity index (χ2n) is 5.13. The quantitative estimate of drug-likeness (QED) is 0.636. The molecule has 0 spiro atoms. The molecule has 19 heavy (non-hydrogen) atoms. The summed E-state index contributed by atoms with van der Waals surface area (Å²) >= 11 is 0. The Balaban J connectivity index is 1.50. The first-order valence-electron chi connectivity index (χ1n) is 6.92. The lowest BCUT2D eigenvalue weighted by Gasteiger charge is -2.14. The summed E-state index contributed by atoms with van der Waals surface area (Å²) in [7, 11) is 0. The van der Waals surface area contributed by atoms with Crippen LogP contribution in [0.3, 0.4) is 0 Å². The Morgan fingerprint density at radius 1 is 1.42 bits per heavy atom. The number of nitrogen functional groups attached to an aromatic ring is 1. The zero-order valence-corrected chi connectivity index (χ0v) is 11.0. The maximum absolute atomic E-state index is 5.82. The molecule has 3 rings (SSSR count). The van der Waals surface area contributed by atoms with Crippen molar-refractivity contribution in [3.05, 3.63) is 47.8 Å². The van der Waals surface area contributed by atoms with Crippen molar-refractivity contribution in [2.45, 2.75) is 31.8 Å². The van der Waals surface area contributed by atoms with Gasteiger partial charge >= 0.3 is 0 Å². The van der Waals surface area contributed by atoms with Gasteiger partial charge in [0.2, 0.25) is 0 Å². The van der Waals surface area contributed by atoms with Crippen LogP contribution < -0.4 is 11.1 Å². The third-order valence-corrected chi connectivity index (χ3v) is 3.76. The largest absolute Gasteiger partial charge is 0.399 e. The van der Waals surface area contributed by atoms with Gasteiger partial charge in [0.15, 0.2) is 0 Å². The van der Waals surface area contributed by atoms with Gasteiger partial charge in [-0.2, -0.15) is 5.10 Å². The standard InChI is InChI=1S/C15H20N4/c16-13-4-5-14-12(11-13)3-6-15(14)17-7-1-9-19-10-2-8-18-19/h2,4-5,8,10-11,15,17H,1,3,6-7,9,16H2. The SMILES string of the molecule is Nc1ccc2c(c1)CCC2NCCCn1cccn1. The van der Waals surface area contributed by atoms with Gasteiger partial charge in [-0.1, -0.05) is 6.07 Å². The molecule has 0 saturated heterocycles. The molecule has 1 unspecified atom stereocenters. The zero-order chi connectivity index (χ0) is 13.1. The fourth-order valence-electron chi connectivity index (χ4n) is 2.80. The van der Waals surface area contributed by atoms with Crippen molar-refractivity contribution in [2.24, 2.45) is 0 Å². The van der Waals surface area contributed by atoms with E-state index in [4.69, 9.17) is 5.73 Å². The summed E-state index contributed by atoms with van der Waals surface area (Å²) in [5.41, 5.74) is 9.53. The summed E-state index contributed by atoms with van der Waals surface area (Å²) in [6, 6.07) is 8.74. The van der Waals surface area contributed by atoms with E-state index in [-0.39, 0.29) is 0 Å². The van der Waals surface area contributed by atoms with Crippen LogP contribution in [0.1, 0.15) is 30.0 Å². The van der Waals surface area contributed by atoms with E-state index >= 15 is 0 Å². The van der Waals surface area contributed by atoms with Crippen LogP contribution in [0.5, 0.6) is 0 Å². The number of hydrogen-bond donors (Lipinski definition) is 2. The molecule has 1 heterocycles. The van der Waals surface area contributed by atoms with Gasteiger partial charge in [-0.05, 0) is 55.1 Å². The van der Waals surface area contributed by atoms with Gasteiger partial charge in [0.1, 0.15) is 0 Å². The number of nitrogens with one attached hydrogen (secondary N) is 1. The van der Waals surface area contributed by atoms with Crippen LogP contribution in [0.4, 0.5) is 5.69 Å². The predicted octanol–water partition coefficient (Wildman–Crippen LogP) is 2.13. The van der Waals surface area contributed by atoms with E-state index in [1.54, 1.807) is 0 Å². The topological polar surface area (TPSA) is 55.9 Å². The van der Waals surface area contributed by atoms with Gasteiger partial charge in [0.05, 0.1) is 0 Å². The average molecular weight is 256 g/mol. The highest BCUT2D eigenvalue weighted by atomic mass is 15.3. The first-order valence-corrected chi connectivity index (χ1v) is 6.92. The Bertz CT molecular complexity index is 533. The molecule has 1 aromatic heterocycles. The lowest BCUT2D eigenvalue weighted by atomic mass is 10.1. The molecule has 1 atom stereocenters. The van der Waals surface area contributed by atoms with Crippen LogP contribution in [-0.2, 0) is 13.0 Å². The van der Waals surface area contributed by atoms with E-state index in [9.17, 15) is 0 Å².